The van der Waals surface area contributed by atoms with Crippen LogP contribution < -0.4 is 16.8 Å². The molecule has 0 saturated heterocycles. The molecule has 1 atom stereocenters. The van der Waals surface area contributed by atoms with Crippen molar-refractivity contribution in [3.8, 4) is 0 Å². The van der Waals surface area contributed by atoms with Crippen molar-refractivity contribution in [3.05, 3.63) is 11.6 Å². The van der Waals surface area contributed by atoms with E-state index in [0.29, 0.717) is 18.1 Å². The number of nitrogens with two attached hydrogens (primary N) is 2. The fraction of sp³-hybridized carbons (Fsp3) is 0.500. The molecule has 0 bridgehead atoms. The van der Waals surface area contributed by atoms with E-state index < -0.39 is 11.9 Å². The fourth-order valence-electron chi connectivity index (χ4n) is 0.464. The molecule has 0 spiro atoms. The molecule has 64 valence electrons. The van der Waals surface area contributed by atoms with E-state index >= 15 is 0 Å². The lowest BCUT2D eigenvalue weighted by atomic mass is 10.3. The molecule has 5 heteroatoms. The number of hydrogen-bond donors (Lipinski definition) is 3. The van der Waals surface area contributed by atoms with Gasteiger partial charge >= 0.3 is 0 Å². The van der Waals surface area contributed by atoms with Crippen molar-refractivity contribution >= 4 is 17.5 Å². The minimum Gasteiger partial charge on any atom is -0.368 e. The zero-order chi connectivity index (χ0) is 8.85. The van der Waals surface area contributed by atoms with E-state index in [9.17, 15) is 4.79 Å². The summed E-state index contributed by atoms with van der Waals surface area (Å²) in [4.78, 5) is 10.4. The van der Waals surface area contributed by atoms with Crippen LogP contribution in [0, 0.1) is 0 Å². The first-order valence-corrected chi connectivity index (χ1v) is 3.50. The van der Waals surface area contributed by atoms with Gasteiger partial charge in [-0.25, -0.2) is 0 Å². The van der Waals surface area contributed by atoms with Crippen molar-refractivity contribution in [1.29, 1.82) is 0 Å². The number of carbonyl (C=O) groups is 1. The Hall–Kier alpha value is -0.580. The molecule has 1 amide bonds. The first kappa shape index (κ1) is 10.4. The Morgan fingerprint density at radius 2 is 2.27 bits per heavy atom. The molecule has 0 aromatic rings. The summed E-state index contributed by atoms with van der Waals surface area (Å²) in [5.74, 6) is -0.530. The molecule has 0 heterocycles. The van der Waals surface area contributed by atoms with Gasteiger partial charge in [0, 0.05) is 18.1 Å². The maximum Gasteiger partial charge on any atom is 0.235 e. The lowest BCUT2D eigenvalue weighted by Gasteiger charge is -2.07. The minimum absolute atomic E-state index is 0.321. The third kappa shape index (κ3) is 5.84. The first-order chi connectivity index (χ1) is 5.04. The fourth-order valence-corrected chi connectivity index (χ4v) is 0.558. The topological polar surface area (TPSA) is 81.1 Å². The van der Waals surface area contributed by atoms with E-state index in [2.05, 4.69) is 11.9 Å². The Morgan fingerprint density at radius 3 is 2.64 bits per heavy atom. The Balaban J connectivity index is 3.39. The number of rotatable bonds is 5. The lowest BCUT2D eigenvalue weighted by molar-refractivity contribution is -0.119. The second-order valence-corrected chi connectivity index (χ2v) is 2.69. The summed E-state index contributed by atoms with van der Waals surface area (Å²) >= 11 is 5.43. The van der Waals surface area contributed by atoms with Gasteiger partial charge in [0.25, 0.3) is 0 Å². The normalized spacial score (nSPS) is 12.5. The maximum absolute atomic E-state index is 10.4. The molecular formula is C6H12ClN3O. The van der Waals surface area contributed by atoms with Gasteiger partial charge < -0.3 is 16.8 Å². The van der Waals surface area contributed by atoms with Gasteiger partial charge in [0.2, 0.25) is 5.91 Å². The molecule has 0 aliphatic rings. The molecule has 0 rings (SSSR count). The van der Waals surface area contributed by atoms with E-state index in [4.69, 9.17) is 23.1 Å². The Bertz CT molecular complexity index is 160. The molecule has 0 aromatic heterocycles. The number of primary amides is 1. The van der Waals surface area contributed by atoms with Crippen molar-refractivity contribution in [2.45, 2.75) is 6.04 Å². The number of amides is 1. The van der Waals surface area contributed by atoms with Crippen LogP contribution in [0.1, 0.15) is 0 Å². The predicted molar refractivity (Wildman–Crippen MR) is 45.0 cm³/mol. The number of nitrogens with one attached hydrogen (secondary N) is 1. The summed E-state index contributed by atoms with van der Waals surface area (Å²) < 4.78 is 0. The zero-order valence-corrected chi connectivity index (χ0v) is 6.90. The van der Waals surface area contributed by atoms with Gasteiger partial charge in [0.15, 0.2) is 0 Å². The van der Waals surface area contributed by atoms with Crippen LogP contribution >= 0.6 is 11.6 Å². The highest BCUT2D eigenvalue weighted by molar-refractivity contribution is 6.29. The average Bonchev–Trinajstić information content (AvgIpc) is 1.86. The standard InChI is InChI=1S/C6H12ClN3O/c1-4(7)2-10-3-5(8)6(9)11/h5,10H,1-3,8H2,(H2,9,11). The molecule has 0 aliphatic heterocycles. The quantitative estimate of drug-likeness (QED) is 0.511. The summed E-state index contributed by atoms with van der Waals surface area (Å²) in [6, 6.07) is -0.661. The van der Waals surface area contributed by atoms with Crippen LogP contribution in [0.3, 0.4) is 0 Å². The second kappa shape index (κ2) is 5.12. The molecule has 0 aliphatic carbocycles. The van der Waals surface area contributed by atoms with Gasteiger partial charge in [-0.15, -0.1) is 0 Å². The van der Waals surface area contributed by atoms with Gasteiger partial charge in [-0.05, 0) is 0 Å². The minimum atomic E-state index is -0.661. The summed E-state index contributed by atoms with van der Waals surface area (Å²) in [6.45, 7) is 4.20. The van der Waals surface area contributed by atoms with Crippen LogP contribution in [0.15, 0.2) is 11.6 Å². The number of hydrogen-bond acceptors (Lipinski definition) is 3. The largest absolute Gasteiger partial charge is 0.368 e. The van der Waals surface area contributed by atoms with Crippen LogP contribution in [0.5, 0.6) is 0 Å². The lowest BCUT2D eigenvalue weighted by Crippen LogP contribution is -2.44. The van der Waals surface area contributed by atoms with Gasteiger partial charge in [-0.1, -0.05) is 18.2 Å². The SMILES string of the molecule is C=C(Cl)CNCC(N)C(N)=O. The van der Waals surface area contributed by atoms with Crippen molar-refractivity contribution in [1.82, 2.24) is 5.32 Å². The molecule has 4 nitrogen and oxygen atoms in total. The van der Waals surface area contributed by atoms with Crippen molar-refractivity contribution in [3.63, 3.8) is 0 Å². The van der Waals surface area contributed by atoms with E-state index in [-0.39, 0.29) is 0 Å². The smallest absolute Gasteiger partial charge is 0.235 e. The maximum atomic E-state index is 10.4. The van der Waals surface area contributed by atoms with Gasteiger partial charge in [0.1, 0.15) is 0 Å². The molecule has 0 saturated carbocycles. The van der Waals surface area contributed by atoms with E-state index in [1.807, 2.05) is 0 Å². The van der Waals surface area contributed by atoms with Gasteiger partial charge in [-0.2, -0.15) is 0 Å². The average molecular weight is 178 g/mol. The molecule has 1 unspecified atom stereocenters. The van der Waals surface area contributed by atoms with E-state index in [1.165, 1.54) is 0 Å². The summed E-state index contributed by atoms with van der Waals surface area (Å²) in [5.41, 5.74) is 10.2. The summed E-state index contributed by atoms with van der Waals surface area (Å²) in [6.07, 6.45) is 0. The Labute approximate surface area is 70.6 Å². The van der Waals surface area contributed by atoms with Crippen LogP contribution in [0.25, 0.3) is 0 Å². The van der Waals surface area contributed by atoms with Crippen LogP contribution in [-0.2, 0) is 4.79 Å². The second-order valence-electron chi connectivity index (χ2n) is 2.16. The third-order valence-corrected chi connectivity index (χ3v) is 1.18. The third-order valence-electron chi connectivity index (χ3n) is 1.05. The first-order valence-electron chi connectivity index (χ1n) is 3.13. The Morgan fingerprint density at radius 1 is 1.73 bits per heavy atom. The number of halogens is 1. The van der Waals surface area contributed by atoms with Crippen molar-refractivity contribution in [2.75, 3.05) is 13.1 Å². The highest BCUT2D eigenvalue weighted by atomic mass is 35.5. The van der Waals surface area contributed by atoms with Crippen LogP contribution in [0.4, 0.5) is 0 Å². The highest BCUT2D eigenvalue weighted by Gasteiger charge is 2.06. The van der Waals surface area contributed by atoms with Crippen molar-refractivity contribution in [2.24, 2.45) is 11.5 Å². The number of carbonyl (C=O) groups excluding carboxylic acids is 1. The molecule has 0 radical (unpaired) electrons. The van der Waals surface area contributed by atoms with Gasteiger partial charge in [-0.3, -0.25) is 4.79 Å². The van der Waals surface area contributed by atoms with Crippen LogP contribution in [-0.4, -0.2) is 25.0 Å². The molecular weight excluding hydrogens is 166 g/mol. The van der Waals surface area contributed by atoms with Crippen molar-refractivity contribution < 1.29 is 4.79 Å². The predicted octanol–water partition coefficient (Wildman–Crippen LogP) is -0.859. The van der Waals surface area contributed by atoms with Gasteiger partial charge in [0.05, 0.1) is 6.04 Å². The monoisotopic (exact) mass is 177 g/mol. The summed E-state index contributed by atoms with van der Waals surface area (Å²) in [5, 5.41) is 3.28. The Kier molecular flexibility index (Phi) is 4.85. The van der Waals surface area contributed by atoms with Crippen LogP contribution in [0.2, 0.25) is 0 Å². The highest BCUT2D eigenvalue weighted by Crippen LogP contribution is 1.91. The van der Waals surface area contributed by atoms with E-state index in [1.54, 1.807) is 0 Å². The molecule has 0 aromatic carbocycles. The summed E-state index contributed by atoms with van der Waals surface area (Å²) in [7, 11) is 0. The van der Waals surface area contributed by atoms with E-state index in [0.717, 1.165) is 0 Å². The molecule has 11 heavy (non-hydrogen) atoms. The molecule has 5 N–H and O–H groups in total. The molecule has 0 fully saturated rings. The zero-order valence-electron chi connectivity index (χ0n) is 6.14.